The molecule has 1 aromatic carbocycles. The summed E-state index contributed by atoms with van der Waals surface area (Å²) in [5.41, 5.74) is 1.22. The number of benzene rings is 1. The highest BCUT2D eigenvalue weighted by molar-refractivity contribution is 6.32. The van der Waals surface area contributed by atoms with Crippen LogP contribution in [0.25, 0.3) is 0 Å². The van der Waals surface area contributed by atoms with Gasteiger partial charge in [0, 0.05) is 12.0 Å². The normalized spacial score (nSPS) is 11.2. The topological polar surface area (TPSA) is 47.0 Å². The lowest BCUT2D eigenvalue weighted by Gasteiger charge is -2.26. The standard InChI is InChI=1S/C15H18ClN3O/c1-15(2,11-7-5-4-6-8-11)10-18-13-12(16)9-17-14(19-13)20-3/h4-9H,10H2,1-3H3,(H,17,18,19). The fourth-order valence-corrected chi connectivity index (χ4v) is 2.03. The predicted molar refractivity (Wildman–Crippen MR) is 81.6 cm³/mol. The number of aromatic nitrogens is 2. The maximum Gasteiger partial charge on any atom is 0.318 e. The van der Waals surface area contributed by atoms with Gasteiger partial charge >= 0.3 is 6.01 Å². The number of hydrogen-bond acceptors (Lipinski definition) is 4. The van der Waals surface area contributed by atoms with E-state index in [1.807, 2.05) is 18.2 Å². The molecule has 0 saturated carbocycles. The molecule has 1 aromatic heterocycles. The summed E-state index contributed by atoms with van der Waals surface area (Å²) in [6, 6.07) is 10.6. The maximum absolute atomic E-state index is 6.08. The molecule has 0 aliphatic carbocycles. The van der Waals surface area contributed by atoms with Crippen molar-refractivity contribution in [3.05, 3.63) is 47.1 Å². The van der Waals surface area contributed by atoms with E-state index in [0.717, 1.165) is 0 Å². The van der Waals surface area contributed by atoms with Crippen molar-refractivity contribution in [3.8, 4) is 6.01 Å². The molecule has 2 rings (SSSR count). The van der Waals surface area contributed by atoms with E-state index in [-0.39, 0.29) is 5.41 Å². The van der Waals surface area contributed by atoms with Gasteiger partial charge < -0.3 is 10.1 Å². The smallest absolute Gasteiger partial charge is 0.318 e. The molecular formula is C15H18ClN3O. The van der Waals surface area contributed by atoms with Crippen molar-refractivity contribution in [1.29, 1.82) is 0 Å². The summed E-state index contributed by atoms with van der Waals surface area (Å²) >= 11 is 6.08. The van der Waals surface area contributed by atoms with Crippen molar-refractivity contribution < 1.29 is 4.74 Å². The molecule has 0 amide bonds. The Bertz CT molecular complexity index is 573. The molecule has 0 fully saturated rings. The molecule has 20 heavy (non-hydrogen) atoms. The van der Waals surface area contributed by atoms with E-state index in [9.17, 15) is 0 Å². The zero-order valence-corrected chi connectivity index (χ0v) is 12.6. The number of hydrogen-bond donors (Lipinski definition) is 1. The quantitative estimate of drug-likeness (QED) is 0.915. The first-order valence-electron chi connectivity index (χ1n) is 6.39. The summed E-state index contributed by atoms with van der Waals surface area (Å²) in [4.78, 5) is 8.17. The molecule has 106 valence electrons. The second-order valence-corrected chi connectivity index (χ2v) is 5.56. The molecule has 5 heteroatoms. The van der Waals surface area contributed by atoms with Crippen LogP contribution in [0.2, 0.25) is 5.02 Å². The van der Waals surface area contributed by atoms with Gasteiger partial charge in [0.1, 0.15) is 5.02 Å². The lowest BCUT2D eigenvalue weighted by Crippen LogP contribution is -2.28. The highest BCUT2D eigenvalue weighted by Gasteiger charge is 2.20. The maximum atomic E-state index is 6.08. The highest BCUT2D eigenvalue weighted by Crippen LogP contribution is 2.25. The fraction of sp³-hybridized carbons (Fsp3) is 0.333. The van der Waals surface area contributed by atoms with Crippen LogP contribution < -0.4 is 10.1 Å². The Hall–Kier alpha value is -1.81. The molecule has 0 aliphatic rings. The lowest BCUT2D eigenvalue weighted by atomic mass is 9.85. The van der Waals surface area contributed by atoms with Crippen LogP contribution in [-0.4, -0.2) is 23.6 Å². The minimum absolute atomic E-state index is 0.0389. The first-order chi connectivity index (χ1) is 9.53. The van der Waals surface area contributed by atoms with Gasteiger partial charge in [-0.3, -0.25) is 0 Å². The predicted octanol–water partition coefficient (Wildman–Crippen LogP) is 3.53. The molecule has 0 aliphatic heterocycles. The highest BCUT2D eigenvalue weighted by atomic mass is 35.5. The van der Waals surface area contributed by atoms with Gasteiger partial charge in [-0.2, -0.15) is 4.98 Å². The summed E-state index contributed by atoms with van der Waals surface area (Å²) in [5, 5.41) is 3.74. The molecule has 0 radical (unpaired) electrons. The van der Waals surface area contributed by atoms with Crippen LogP contribution in [0.15, 0.2) is 36.5 Å². The number of methoxy groups -OCH3 is 1. The molecule has 1 N–H and O–H groups in total. The molecule has 0 unspecified atom stereocenters. The van der Waals surface area contributed by atoms with Gasteiger partial charge in [0.25, 0.3) is 0 Å². The average Bonchev–Trinajstić information content (AvgIpc) is 2.47. The van der Waals surface area contributed by atoms with Crippen LogP contribution in [0.5, 0.6) is 6.01 Å². The van der Waals surface area contributed by atoms with Crippen molar-refractivity contribution in [3.63, 3.8) is 0 Å². The van der Waals surface area contributed by atoms with Crippen LogP contribution in [-0.2, 0) is 5.41 Å². The monoisotopic (exact) mass is 291 g/mol. The van der Waals surface area contributed by atoms with Crippen LogP contribution in [0.4, 0.5) is 5.82 Å². The van der Waals surface area contributed by atoms with Gasteiger partial charge in [-0.25, -0.2) is 4.98 Å². The van der Waals surface area contributed by atoms with E-state index in [4.69, 9.17) is 16.3 Å². The second-order valence-electron chi connectivity index (χ2n) is 5.16. The Balaban J connectivity index is 2.12. The Labute approximate surface area is 124 Å². The third-order valence-electron chi connectivity index (χ3n) is 3.16. The molecule has 0 atom stereocenters. The van der Waals surface area contributed by atoms with Crippen LogP contribution in [0.1, 0.15) is 19.4 Å². The Morgan fingerprint density at radius 2 is 1.95 bits per heavy atom. The minimum Gasteiger partial charge on any atom is -0.467 e. The fourth-order valence-electron chi connectivity index (χ4n) is 1.87. The third kappa shape index (κ3) is 3.39. The zero-order chi connectivity index (χ0) is 14.6. The van der Waals surface area contributed by atoms with E-state index >= 15 is 0 Å². The van der Waals surface area contributed by atoms with E-state index in [2.05, 4.69) is 41.3 Å². The average molecular weight is 292 g/mol. The van der Waals surface area contributed by atoms with Gasteiger partial charge in [-0.1, -0.05) is 55.8 Å². The molecule has 2 aromatic rings. The summed E-state index contributed by atoms with van der Waals surface area (Å²) in [6.07, 6.45) is 1.53. The van der Waals surface area contributed by atoms with Crippen molar-refractivity contribution in [1.82, 2.24) is 9.97 Å². The van der Waals surface area contributed by atoms with E-state index in [1.165, 1.54) is 18.9 Å². The molecule has 1 heterocycles. The van der Waals surface area contributed by atoms with Gasteiger partial charge in [0.2, 0.25) is 0 Å². The number of nitrogens with one attached hydrogen (secondary N) is 1. The molecule has 0 spiro atoms. The first-order valence-corrected chi connectivity index (χ1v) is 6.76. The first kappa shape index (κ1) is 14.6. The summed E-state index contributed by atoms with van der Waals surface area (Å²) in [7, 11) is 1.53. The van der Waals surface area contributed by atoms with E-state index in [1.54, 1.807) is 0 Å². The lowest BCUT2D eigenvalue weighted by molar-refractivity contribution is 0.380. The van der Waals surface area contributed by atoms with Crippen LogP contribution in [0.3, 0.4) is 0 Å². The largest absolute Gasteiger partial charge is 0.467 e. The van der Waals surface area contributed by atoms with Crippen molar-refractivity contribution in [2.24, 2.45) is 0 Å². The van der Waals surface area contributed by atoms with Gasteiger partial charge in [0.05, 0.1) is 13.3 Å². The van der Waals surface area contributed by atoms with Crippen molar-refractivity contribution >= 4 is 17.4 Å². The van der Waals surface area contributed by atoms with Crippen molar-refractivity contribution in [2.45, 2.75) is 19.3 Å². The molecule has 0 bridgehead atoms. The summed E-state index contributed by atoms with van der Waals surface area (Å²) in [5.74, 6) is 0.586. The summed E-state index contributed by atoms with van der Waals surface area (Å²) < 4.78 is 5.01. The van der Waals surface area contributed by atoms with E-state index in [0.29, 0.717) is 23.4 Å². The number of ether oxygens (including phenoxy) is 1. The third-order valence-corrected chi connectivity index (χ3v) is 3.43. The van der Waals surface area contributed by atoms with Crippen molar-refractivity contribution in [2.75, 3.05) is 19.0 Å². The second kappa shape index (κ2) is 6.09. The minimum atomic E-state index is -0.0389. The van der Waals surface area contributed by atoms with Gasteiger partial charge in [0.15, 0.2) is 5.82 Å². The number of halogens is 1. The Morgan fingerprint density at radius 3 is 2.60 bits per heavy atom. The number of anilines is 1. The van der Waals surface area contributed by atoms with Gasteiger partial charge in [-0.15, -0.1) is 0 Å². The number of nitrogens with zero attached hydrogens (tertiary/aromatic N) is 2. The Morgan fingerprint density at radius 1 is 1.25 bits per heavy atom. The van der Waals surface area contributed by atoms with Crippen LogP contribution in [0, 0.1) is 0 Å². The SMILES string of the molecule is COc1ncc(Cl)c(NCC(C)(C)c2ccccc2)n1. The Kier molecular flexibility index (Phi) is 4.45. The zero-order valence-electron chi connectivity index (χ0n) is 11.9. The number of rotatable bonds is 5. The van der Waals surface area contributed by atoms with E-state index < -0.39 is 0 Å². The van der Waals surface area contributed by atoms with Gasteiger partial charge in [-0.05, 0) is 5.56 Å². The summed E-state index contributed by atoms with van der Waals surface area (Å²) in [6.45, 7) is 5.04. The molecule has 0 saturated heterocycles. The van der Waals surface area contributed by atoms with Crippen LogP contribution >= 0.6 is 11.6 Å². The molecular weight excluding hydrogens is 274 g/mol. The molecule has 4 nitrogen and oxygen atoms in total.